The first-order valence-electron chi connectivity index (χ1n) is 13.6. The van der Waals surface area contributed by atoms with E-state index in [0.29, 0.717) is 11.1 Å². The normalized spacial score (nSPS) is 11.3. The van der Waals surface area contributed by atoms with Gasteiger partial charge in [-0.1, -0.05) is 72.8 Å². The number of nitriles is 2. The topological polar surface area (TPSA) is 47.6 Å². The Bertz CT molecular complexity index is 2450. The van der Waals surface area contributed by atoms with Crippen molar-refractivity contribution in [2.75, 3.05) is 0 Å². The maximum absolute atomic E-state index is 9.77. The molecule has 0 fully saturated rings. The molecule has 2 nitrogen and oxygen atoms in total. The highest BCUT2D eigenvalue weighted by atomic mass is 32.1. The lowest BCUT2D eigenvalue weighted by Gasteiger charge is -2.17. The fraction of sp³-hybridized carbons (Fsp3) is 0. The molecule has 2 aromatic heterocycles. The Kier molecular flexibility index (Phi) is 5.66. The molecule has 0 spiro atoms. The minimum Gasteiger partial charge on any atom is -0.192 e. The molecule has 0 atom stereocenters. The van der Waals surface area contributed by atoms with Crippen LogP contribution in [-0.4, -0.2) is 0 Å². The van der Waals surface area contributed by atoms with E-state index < -0.39 is 0 Å². The number of nitrogens with zero attached hydrogens (tertiary/aromatic N) is 2. The Labute approximate surface area is 250 Å². The number of benzene rings is 6. The first-order chi connectivity index (χ1) is 20.7. The lowest BCUT2D eigenvalue weighted by atomic mass is 9.86. The molecule has 0 aliphatic heterocycles. The van der Waals surface area contributed by atoms with Crippen molar-refractivity contribution < 1.29 is 0 Å². The molecule has 0 saturated carbocycles. The van der Waals surface area contributed by atoms with Crippen molar-refractivity contribution >= 4 is 63.0 Å². The minimum atomic E-state index is 0.640. The monoisotopic (exact) mass is 568 g/mol. The summed E-state index contributed by atoms with van der Waals surface area (Å²) in [4.78, 5) is 0. The number of rotatable bonds is 3. The average Bonchev–Trinajstić information content (AvgIpc) is 3.61. The first kappa shape index (κ1) is 24.5. The van der Waals surface area contributed by atoms with Crippen molar-refractivity contribution in [3.05, 3.63) is 132 Å². The molecule has 42 heavy (non-hydrogen) atoms. The van der Waals surface area contributed by atoms with E-state index in [9.17, 15) is 10.5 Å². The highest BCUT2D eigenvalue weighted by molar-refractivity contribution is 7.26. The fourth-order valence-electron chi connectivity index (χ4n) is 6.09. The van der Waals surface area contributed by atoms with Gasteiger partial charge in [-0.3, -0.25) is 0 Å². The molecule has 0 bridgehead atoms. The van der Waals surface area contributed by atoms with E-state index in [4.69, 9.17) is 0 Å². The van der Waals surface area contributed by atoms with Crippen molar-refractivity contribution in [1.29, 1.82) is 10.5 Å². The van der Waals surface area contributed by atoms with Crippen molar-refractivity contribution in [3.63, 3.8) is 0 Å². The molecular formula is C38H20N2S2. The molecule has 6 aromatic carbocycles. The molecule has 0 aliphatic rings. The van der Waals surface area contributed by atoms with Crippen LogP contribution in [0.1, 0.15) is 11.1 Å². The lowest BCUT2D eigenvalue weighted by molar-refractivity contribution is 1.48. The highest BCUT2D eigenvalue weighted by Crippen LogP contribution is 2.46. The first-order valence-corrected chi connectivity index (χ1v) is 15.3. The average molecular weight is 569 g/mol. The Hall–Kier alpha value is -5.26. The summed E-state index contributed by atoms with van der Waals surface area (Å²) in [5.74, 6) is 0. The summed E-state index contributed by atoms with van der Waals surface area (Å²) in [6.45, 7) is 0. The van der Waals surface area contributed by atoms with Crippen LogP contribution < -0.4 is 0 Å². The van der Waals surface area contributed by atoms with E-state index in [0.717, 1.165) is 38.6 Å². The van der Waals surface area contributed by atoms with Gasteiger partial charge < -0.3 is 0 Å². The van der Waals surface area contributed by atoms with Gasteiger partial charge in [-0.15, -0.1) is 22.7 Å². The van der Waals surface area contributed by atoms with Crippen LogP contribution in [0.3, 0.4) is 0 Å². The van der Waals surface area contributed by atoms with Gasteiger partial charge in [-0.05, 0) is 81.9 Å². The van der Waals surface area contributed by atoms with Gasteiger partial charge in [0.2, 0.25) is 0 Å². The SMILES string of the molecule is N#Cc1cccc(-c2c(-c3ccc4c(c3)sc3ccc(C#N)cc34)cccc2-c2cccc3sc4ccccc4c23)c1. The van der Waals surface area contributed by atoms with Crippen LogP contribution in [-0.2, 0) is 0 Å². The van der Waals surface area contributed by atoms with E-state index in [1.807, 2.05) is 47.7 Å². The Balaban J connectivity index is 1.43. The third kappa shape index (κ3) is 3.82. The summed E-state index contributed by atoms with van der Waals surface area (Å²) < 4.78 is 4.90. The molecule has 0 unspecified atom stereocenters. The van der Waals surface area contributed by atoms with Gasteiger partial charge in [-0.25, -0.2) is 0 Å². The van der Waals surface area contributed by atoms with Gasteiger partial charge in [0, 0.05) is 40.3 Å². The lowest BCUT2D eigenvalue weighted by Crippen LogP contribution is -1.92. The molecule has 8 aromatic rings. The molecule has 0 amide bonds. The summed E-state index contributed by atoms with van der Waals surface area (Å²) in [5, 5.41) is 24.0. The van der Waals surface area contributed by atoms with Gasteiger partial charge in [0.15, 0.2) is 0 Å². The number of thiophene rings is 2. The van der Waals surface area contributed by atoms with Gasteiger partial charge >= 0.3 is 0 Å². The predicted octanol–water partition coefficient (Wildman–Crippen LogP) is 11.2. The Morgan fingerprint density at radius 1 is 0.429 bits per heavy atom. The zero-order valence-electron chi connectivity index (χ0n) is 22.3. The molecule has 0 aliphatic carbocycles. The molecule has 2 heterocycles. The van der Waals surface area contributed by atoms with Gasteiger partial charge in [0.1, 0.15) is 0 Å². The standard InChI is InChI=1S/C38H20N2S2/c39-21-23-6-3-7-26(18-23)37-27(25-15-16-28-32-19-24(22-40)14-17-34(32)42-36(28)20-25)9-4-10-29(37)30-11-5-13-35-38(30)31-8-1-2-12-33(31)41-35/h1-20H. The predicted molar refractivity (Wildman–Crippen MR) is 178 cm³/mol. The maximum atomic E-state index is 9.77. The summed E-state index contributed by atoms with van der Waals surface area (Å²) in [5.41, 5.74) is 8.03. The fourth-order valence-corrected chi connectivity index (χ4v) is 8.34. The second-order valence-electron chi connectivity index (χ2n) is 10.3. The van der Waals surface area contributed by atoms with Crippen molar-refractivity contribution in [1.82, 2.24) is 0 Å². The van der Waals surface area contributed by atoms with Crippen LogP contribution in [0, 0.1) is 22.7 Å². The van der Waals surface area contributed by atoms with E-state index in [2.05, 4.69) is 97.1 Å². The van der Waals surface area contributed by atoms with Gasteiger partial charge in [-0.2, -0.15) is 10.5 Å². The molecular weight excluding hydrogens is 549 g/mol. The molecule has 194 valence electrons. The molecule has 4 heteroatoms. The van der Waals surface area contributed by atoms with Crippen molar-refractivity contribution in [2.24, 2.45) is 0 Å². The number of hydrogen-bond donors (Lipinski definition) is 0. The quantitative estimate of drug-likeness (QED) is 0.213. The Morgan fingerprint density at radius 2 is 1.14 bits per heavy atom. The summed E-state index contributed by atoms with van der Waals surface area (Å²) in [7, 11) is 0. The number of fused-ring (bicyclic) bond motifs is 6. The van der Waals surface area contributed by atoms with Gasteiger partial charge in [0.25, 0.3) is 0 Å². The minimum absolute atomic E-state index is 0.640. The second kappa shape index (κ2) is 9.68. The summed E-state index contributed by atoms with van der Waals surface area (Å²) in [6, 6.07) is 46.8. The van der Waals surface area contributed by atoms with E-state index >= 15 is 0 Å². The van der Waals surface area contributed by atoms with Crippen LogP contribution >= 0.6 is 22.7 Å². The van der Waals surface area contributed by atoms with Crippen LogP contribution in [0.25, 0.3) is 73.7 Å². The molecule has 8 rings (SSSR count). The summed E-state index contributed by atoms with van der Waals surface area (Å²) in [6.07, 6.45) is 0. The highest BCUT2D eigenvalue weighted by Gasteiger charge is 2.19. The van der Waals surface area contributed by atoms with Crippen molar-refractivity contribution in [2.45, 2.75) is 0 Å². The maximum Gasteiger partial charge on any atom is 0.0991 e. The largest absolute Gasteiger partial charge is 0.192 e. The Morgan fingerprint density at radius 3 is 2.05 bits per heavy atom. The van der Waals surface area contributed by atoms with Crippen LogP contribution in [0.2, 0.25) is 0 Å². The van der Waals surface area contributed by atoms with Crippen LogP contribution in [0.5, 0.6) is 0 Å². The van der Waals surface area contributed by atoms with E-state index in [-0.39, 0.29) is 0 Å². The van der Waals surface area contributed by atoms with Crippen molar-refractivity contribution in [3.8, 4) is 45.5 Å². The molecule has 0 N–H and O–H groups in total. The number of hydrogen-bond acceptors (Lipinski definition) is 4. The second-order valence-corrected chi connectivity index (χ2v) is 12.5. The third-order valence-electron chi connectivity index (χ3n) is 7.95. The third-order valence-corrected chi connectivity index (χ3v) is 10.2. The zero-order valence-corrected chi connectivity index (χ0v) is 23.9. The molecule has 0 saturated heterocycles. The van der Waals surface area contributed by atoms with Crippen LogP contribution in [0.4, 0.5) is 0 Å². The van der Waals surface area contributed by atoms with E-state index in [1.165, 1.54) is 35.1 Å². The summed E-state index contributed by atoms with van der Waals surface area (Å²) >= 11 is 3.57. The van der Waals surface area contributed by atoms with Crippen LogP contribution in [0.15, 0.2) is 121 Å². The van der Waals surface area contributed by atoms with Gasteiger partial charge in [0.05, 0.1) is 23.3 Å². The zero-order chi connectivity index (χ0) is 28.2. The molecule has 0 radical (unpaired) electrons. The van der Waals surface area contributed by atoms with E-state index in [1.54, 1.807) is 11.3 Å². The smallest absolute Gasteiger partial charge is 0.0991 e.